The van der Waals surface area contributed by atoms with Gasteiger partial charge in [0.25, 0.3) is 0 Å². The predicted molar refractivity (Wildman–Crippen MR) is 50.5 cm³/mol. The molecule has 1 aliphatic carbocycles. The molecule has 1 spiro atoms. The Balaban J connectivity index is 1.95. The number of hydrogen-bond acceptors (Lipinski definition) is 4. The summed E-state index contributed by atoms with van der Waals surface area (Å²) >= 11 is 0. The van der Waals surface area contributed by atoms with Gasteiger partial charge in [0.15, 0.2) is 6.10 Å². The van der Waals surface area contributed by atoms with Crippen molar-refractivity contribution < 1.29 is 14.4 Å². The third-order valence-corrected chi connectivity index (χ3v) is 3.35. The first-order valence-corrected chi connectivity index (χ1v) is 5.25. The molecule has 4 heteroatoms. The van der Waals surface area contributed by atoms with Crippen molar-refractivity contribution in [2.45, 2.75) is 44.2 Å². The van der Waals surface area contributed by atoms with Crippen LogP contribution in [-0.4, -0.2) is 36.3 Å². The van der Waals surface area contributed by atoms with Crippen LogP contribution in [0, 0.1) is 0 Å². The lowest BCUT2D eigenvalue weighted by molar-refractivity contribution is -0.199. The Morgan fingerprint density at radius 1 is 1.64 bits per heavy atom. The molecule has 14 heavy (non-hydrogen) atoms. The van der Waals surface area contributed by atoms with Crippen LogP contribution in [0.5, 0.6) is 0 Å². The van der Waals surface area contributed by atoms with E-state index in [0.29, 0.717) is 6.61 Å². The van der Waals surface area contributed by atoms with Crippen LogP contribution in [0.4, 0.5) is 0 Å². The zero-order chi connectivity index (χ0) is 10.2. The van der Waals surface area contributed by atoms with Gasteiger partial charge >= 0.3 is 5.97 Å². The van der Waals surface area contributed by atoms with E-state index in [1.165, 1.54) is 6.42 Å². The van der Waals surface area contributed by atoms with Crippen molar-refractivity contribution in [2.75, 3.05) is 13.7 Å². The number of carbonyl (C=O) groups is 1. The second-order valence-electron chi connectivity index (χ2n) is 4.13. The summed E-state index contributed by atoms with van der Waals surface area (Å²) in [5, 5.41) is 1.86. The van der Waals surface area contributed by atoms with Gasteiger partial charge < -0.3 is 4.74 Å². The smallest absolute Gasteiger partial charge is 0.337 e. The number of ether oxygens (including phenoxy) is 1. The van der Waals surface area contributed by atoms with Gasteiger partial charge in [0.2, 0.25) is 0 Å². The molecular weight excluding hydrogens is 182 g/mol. The first-order valence-electron chi connectivity index (χ1n) is 5.25. The second kappa shape index (κ2) is 3.51. The second-order valence-corrected chi connectivity index (χ2v) is 4.13. The number of nitrogens with zero attached hydrogens (tertiary/aromatic N) is 1. The zero-order valence-corrected chi connectivity index (χ0v) is 8.78. The number of rotatable bonds is 2. The van der Waals surface area contributed by atoms with Gasteiger partial charge in [0, 0.05) is 19.0 Å². The molecular formula is C10H17NO3. The molecule has 1 aliphatic heterocycles. The average Bonchev–Trinajstić information content (AvgIpc) is 2.43. The fraction of sp³-hybridized carbons (Fsp3) is 0.900. The Labute approximate surface area is 84.1 Å². The molecule has 0 aromatic carbocycles. The molecule has 0 radical (unpaired) electrons. The maximum Gasteiger partial charge on any atom is 0.337 e. The van der Waals surface area contributed by atoms with Crippen molar-refractivity contribution in [3.05, 3.63) is 0 Å². The van der Waals surface area contributed by atoms with Crippen LogP contribution >= 0.6 is 0 Å². The third kappa shape index (κ3) is 1.42. The maximum atomic E-state index is 11.4. The van der Waals surface area contributed by atoms with Crippen molar-refractivity contribution in [2.24, 2.45) is 0 Å². The summed E-state index contributed by atoms with van der Waals surface area (Å²) in [6.45, 7) is 2.24. The Kier molecular flexibility index (Phi) is 2.49. The zero-order valence-electron chi connectivity index (χ0n) is 8.78. The van der Waals surface area contributed by atoms with E-state index in [9.17, 15) is 4.79 Å². The highest BCUT2D eigenvalue weighted by molar-refractivity contribution is 5.75. The van der Waals surface area contributed by atoms with Gasteiger partial charge in [-0.25, -0.2) is 4.79 Å². The standard InChI is InChI=1S/C10H17NO3/c1-3-13-9(12)8-7-10(5-4-6-10)11(2)14-8/h8H,3-7H2,1-2H3/t8-/m0/s1. The maximum absolute atomic E-state index is 11.4. The molecule has 4 nitrogen and oxygen atoms in total. The van der Waals surface area contributed by atoms with Crippen LogP contribution in [0.3, 0.4) is 0 Å². The third-order valence-electron chi connectivity index (χ3n) is 3.35. The fourth-order valence-electron chi connectivity index (χ4n) is 2.28. The molecule has 0 amide bonds. The lowest BCUT2D eigenvalue weighted by Crippen LogP contribution is -2.46. The fourth-order valence-corrected chi connectivity index (χ4v) is 2.28. The summed E-state index contributed by atoms with van der Waals surface area (Å²) in [5.41, 5.74) is 0.136. The van der Waals surface area contributed by atoms with Gasteiger partial charge in [-0.1, -0.05) is 0 Å². The van der Waals surface area contributed by atoms with E-state index < -0.39 is 0 Å². The molecule has 0 aromatic rings. The summed E-state index contributed by atoms with van der Waals surface area (Å²) in [6.07, 6.45) is 3.94. The Morgan fingerprint density at radius 3 is 2.79 bits per heavy atom. The highest BCUT2D eigenvalue weighted by Crippen LogP contribution is 2.45. The summed E-state index contributed by atoms with van der Waals surface area (Å²) in [5.74, 6) is -0.219. The molecule has 0 bridgehead atoms. The predicted octanol–water partition coefficient (Wildman–Crippen LogP) is 1.11. The molecule has 0 unspecified atom stereocenters. The summed E-state index contributed by atoms with van der Waals surface area (Å²) < 4.78 is 4.95. The van der Waals surface area contributed by atoms with Crippen LogP contribution in [0.15, 0.2) is 0 Å². The normalized spacial score (nSPS) is 30.3. The molecule has 1 saturated carbocycles. The van der Waals surface area contributed by atoms with E-state index in [-0.39, 0.29) is 17.6 Å². The van der Waals surface area contributed by atoms with E-state index in [2.05, 4.69) is 0 Å². The van der Waals surface area contributed by atoms with Crippen molar-refractivity contribution in [1.82, 2.24) is 5.06 Å². The monoisotopic (exact) mass is 199 g/mol. The van der Waals surface area contributed by atoms with Crippen LogP contribution in [0.25, 0.3) is 0 Å². The lowest BCUT2D eigenvalue weighted by atomic mass is 9.74. The largest absolute Gasteiger partial charge is 0.464 e. The van der Waals surface area contributed by atoms with Crippen molar-refractivity contribution >= 4 is 5.97 Å². The lowest BCUT2D eigenvalue weighted by Gasteiger charge is -2.41. The highest BCUT2D eigenvalue weighted by atomic mass is 16.7. The van der Waals surface area contributed by atoms with Crippen LogP contribution in [-0.2, 0) is 14.4 Å². The van der Waals surface area contributed by atoms with Crippen LogP contribution in [0.2, 0.25) is 0 Å². The van der Waals surface area contributed by atoms with Crippen molar-refractivity contribution in [1.29, 1.82) is 0 Å². The Hall–Kier alpha value is -0.610. The van der Waals surface area contributed by atoms with E-state index in [1.54, 1.807) is 0 Å². The van der Waals surface area contributed by atoms with Gasteiger partial charge in [-0.15, -0.1) is 0 Å². The van der Waals surface area contributed by atoms with Crippen LogP contribution < -0.4 is 0 Å². The summed E-state index contributed by atoms with van der Waals surface area (Å²) in [6, 6.07) is 0. The molecule has 2 rings (SSSR count). The SMILES string of the molecule is CCOC(=O)[C@@H]1CC2(CCC2)N(C)O1. The average molecular weight is 199 g/mol. The minimum absolute atomic E-state index is 0.136. The number of hydrogen-bond donors (Lipinski definition) is 0. The van der Waals surface area contributed by atoms with Crippen molar-refractivity contribution in [3.8, 4) is 0 Å². The molecule has 1 atom stereocenters. The van der Waals surface area contributed by atoms with E-state index in [0.717, 1.165) is 19.3 Å². The minimum atomic E-state index is -0.375. The number of carbonyl (C=O) groups excluding carboxylic acids is 1. The Morgan fingerprint density at radius 2 is 2.36 bits per heavy atom. The van der Waals surface area contributed by atoms with Crippen LogP contribution in [0.1, 0.15) is 32.6 Å². The highest BCUT2D eigenvalue weighted by Gasteiger charge is 2.51. The minimum Gasteiger partial charge on any atom is -0.464 e. The molecule has 80 valence electrons. The van der Waals surface area contributed by atoms with Gasteiger partial charge in [-0.3, -0.25) is 4.84 Å². The van der Waals surface area contributed by atoms with E-state index >= 15 is 0 Å². The van der Waals surface area contributed by atoms with Gasteiger partial charge in [0.1, 0.15) is 0 Å². The molecule has 1 heterocycles. The first kappa shape index (κ1) is 9.93. The van der Waals surface area contributed by atoms with Gasteiger partial charge in [-0.05, 0) is 26.2 Å². The molecule has 0 aromatic heterocycles. The quantitative estimate of drug-likeness (QED) is 0.624. The van der Waals surface area contributed by atoms with E-state index in [4.69, 9.17) is 9.57 Å². The Bertz CT molecular complexity index is 238. The molecule has 2 fully saturated rings. The number of hydroxylamine groups is 2. The first-order chi connectivity index (χ1) is 6.68. The van der Waals surface area contributed by atoms with Gasteiger partial charge in [-0.2, -0.15) is 5.06 Å². The summed E-state index contributed by atoms with van der Waals surface area (Å²) in [4.78, 5) is 16.9. The number of esters is 1. The van der Waals surface area contributed by atoms with E-state index in [1.807, 2.05) is 19.0 Å². The van der Waals surface area contributed by atoms with Crippen molar-refractivity contribution in [3.63, 3.8) is 0 Å². The van der Waals surface area contributed by atoms with Gasteiger partial charge in [0.05, 0.1) is 6.61 Å². The molecule has 0 N–H and O–H groups in total. The molecule has 1 saturated heterocycles. The molecule has 2 aliphatic rings. The topological polar surface area (TPSA) is 38.8 Å². The summed E-state index contributed by atoms with van der Waals surface area (Å²) in [7, 11) is 1.92.